The van der Waals surface area contributed by atoms with Crippen molar-refractivity contribution in [3.8, 4) is 11.3 Å². The molecule has 4 aromatic rings. The van der Waals surface area contributed by atoms with E-state index in [9.17, 15) is 18.0 Å². The van der Waals surface area contributed by atoms with E-state index in [1.807, 2.05) is 13.2 Å². The molecular formula is C23H20ClF3N6O2. The molecule has 1 aliphatic heterocycles. The van der Waals surface area contributed by atoms with Gasteiger partial charge in [0, 0.05) is 49.0 Å². The van der Waals surface area contributed by atoms with Crippen molar-refractivity contribution in [1.82, 2.24) is 29.3 Å². The molecule has 0 saturated carbocycles. The fourth-order valence-corrected chi connectivity index (χ4v) is 4.40. The van der Waals surface area contributed by atoms with Gasteiger partial charge in [0.15, 0.2) is 5.52 Å². The topological polar surface area (TPSA) is 87.7 Å². The van der Waals surface area contributed by atoms with Crippen LogP contribution in [0.25, 0.3) is 22.3 Å². The smallest absolute Gasteiger partial charge is 0.373 e. The van der Waals surface area contributed by atoms with Crippen molar-refractivity contribution in [3.63, 3.8) is 0 Å². The van der Waals surface area contributed by atoms with Crippen molar-refractivity contribution in [3.05, 3.63) is 69.2 Å². The van der Waals surface area contributed by atoms with Gasteiger partial charge >= 0.3 is 6.18 Å². The zero-order chi connectivity index (χ0) is 24.9. The summed E-state index contributed by atoms with van der Waals surface area (Å²) >= 11 is 6.01. The number of nitrogens with zero attached hydrogens (tertiary/aromatic N) is 6. The Morgan fingerprint density at radius 2 is 1.83 bits per heavy atom. The molecule has 182 valence electrons. The molecule has 1 aromatic carbocycles. The van der Waals surface area contributed by atoms with Gasteiger partial charge in [0.25, 0.3) is 5.56 Å². The third kappa shape index (κ3) is 4.41. The molecule has 2 atom stereocenters. The lowest BCUT2D eigenvalue weighted by Crippen LogP contribution is -2.29. The van der Waals surface area contributed by atoms with Crippen molar-refractivity contribution >= 4 is 22.6 Å². The molecule has 0 bridgehead atoms. The van der Waals surface area contributed by atoms with E-state index >= 15 is 0 Å². The van der Waals surface area contributed by atoms with E-state index < -0.39 is 17.6 Å². The van der Waals surface area contributed by atoms with Crippen LogP contribution in [0.3, 0.4) is 0 Å². The van der Waals surface area contributed by atoms with Crippen molar-refractivity contribution < 1.29 is 17.9 Å². The van der Waals surface area contributed by atoms with Crippen LogP contribution in [-0.2, 0) is 25.0 Å². The van der Waals surface area contributed by atoms with Gasteiger partial charge in [-0.2, -0.15) is 18.3 Å². The van der Waals surface area contributed by atoms with Crippen LogP contribution >= 0.6 is 11.6 Å². The summed E-state index contributed by atoms with van der Waals surface area (Å²) in [6, 6.07) is 6.46. The lowest BCUT2D eigenvalue weighted by Gasteiger charge is -2.28. The monoisotopic (exact) mass is 504 g/mol. The molecule has 1 unspecified atom stereocenters. The highest BCUT2D eigenvalue weighted by molar-refractivity contribution is 6.30. The van der Waals surface area contributed by atoms with E-state index in [1.165, 1.54) is 0 Å². The molecule has 0 aliphatic carbocycles. The number of aryl methyl sites for hydroxylation is 1. The SMILES string of the molecule is Cn1cc(C2C[C@H](c3nc(-c4ccc(Cl)cc4)c4nc(C(F)(F)F)n(C)c(=O)c4n3)CCO2)cn1. The van der Waals surface area contributed by atoms with Crippen molar-refractivity contribution in [2.24, 2.45) is 14.1 Å². The largest absolute Gasteiger partial charge is 0.449 e. The molecule has 0 radical (unpaired) electrons. The summed E-state index contributed by atoms with van der Waals surface area (Å²) < 4.78 is 48.9. The maximum Gasteiger partial charge on any atom is 0.449 e. The number of aromatic nitrogens is 6. The molecule has 8 nitrogen and oxygen atoms in total. The number of benzene rings is 1. The van der Waals surface area contributed by atoms with Gasteiger partial charge in [-0.25, -0.2) is 15.0 Å². The van der Waals surface area contributed by atoms with Crippen LogP contribution in [0.15, 0.2) is 41.5 Å². The third-order valence-corrected chi connectivity index (χ3v) is 6.31. The predicted octanol–water partition coefficient (Wildman–Crippen LogP) is 4.43. The molecule has 0 spiro atoms. The summed E-state index contributed by atoms with van der Waals surface area (Å²) in [6.07, 6.45) is -0.343. The summed E-state index contributed by atoms with van der Waals surface area (Å²) in [7, 11) is 2.85. The van der Waals surface area contributed by atoms with Crippen LogP contribution in [0.1, 0.15) is 42.1 Å². The van der Waals surface area contributed by atoms with Crippen LogP contribution in [0.5, 0.6) is 0 Å². The van der Waals surface area contributed by atoms with Gasteiger partial charge in [-0.05, 0) is 25.0 Å². The molecule has 5 rings (SSSR count). The van der Waals surface area contributed by atoms with E-state index in [1.54, 1.807) is 35.1 Å². The van der Waals surface area contributed by atoms with Gasteiger partial charge in [-0.3, -0.25) is 14.0 Å². The minimum Gasteiger partial charge on any atom is -0.373 e. The quantitative estimate of drug-likeness (QED) is 0.410. The normalized spacial score (nSPS) is 18.8. The fraction of sp³-hybridized carbons (Fsp3) is 0.348. The number of alkyl halides is 3. The second-order valence-corrected chi connectivity index (χ2v) is 8.90. The number of hydrogen-bond donors (Lipinski definition) is 0. The first-order valence-electron chi connectivity index (χ1n) is 10.8. The highest BCUT2D eigenvalue weighted by Gasteiger charge is 2.37. The van der Waals surface area contributed by atoms with Crippen molar-refractivity contribution in [2.45, 2.75) is 31.0 Å². The zero-order valence-electron chi connectivity index (χ0n) is 18.8. The maximum absolute atomic E-state index is 13.6. The van der Waals surface area contributed by atoms with Gasteiger partial charge in [0.2, 0.25) is 5.82 Å². The summed E-state index contributed by atoms with van der Waals surface area (Å²) in [6.45, 7) is 0.436. The van der Waals surface area contributed by atoms with E-state index in [-0.39, 0.29) is 28.7 Å². The first-order valence-corrected chi connectivity index (χ1v) is 11.2. The highest BCUT2D eigenvalue weighted by atomic mass is 35.5. The number of ether oxygens (including phenoxy) is 1. The molecule has 0 amide bonds. The van der Waals surface area contributed by atoms with Gasteiger partial charge in [-0.1, -0.05) is 23.7 Å². The van der Waals surface area contributed by atoms with Crippen LogP contribution in [0.4, 0.5) is 13.2 Å². The van der Waals surface area contributed by atoms with Crippen molar-refractivity contribution in [1.29, 1.82) is 0 Å². The molecule has 35 heavy (non-hydrogen) atoms. The van der Waals surface area contributed by atoms with E-state index in [0.29, 0.717) is 40.4 Å². The number of hydrogen-bond acceptors (Lipinski definition) is 6. The van der Waals surface area contributed by atoms with Crippen LogP contribution in [0.2, 0.25) is 5.02 Å². The van der Waals surface area contributed by atoms with E-state index in [2.05, 4.69) is 20.1 Å². The standard InChI is InChI=1S/C23H20ClF3N6O2/c1-32-11-14(10-28-32)16-9-13(7-8-35-16)20-29-17(12-3-5-15(24)6-4-12)18-19(30-20)21(34)33(2)22(31-18)23(25,26)27/h3-6,10-11,13,16H,7-9H2,1-2H3/t13-,16?/m1/s1. The first kappa shape index (κ1) is 23.4. The van der Waals surface area contributed by atoms with Crippen molar-refractivity contribution in [2.75, 3.05) is 6.61 Å². The third-order valence-electron chi connectivity index (χ3n) is 6.06. The Balaban J connectivity index is 1.68. The lowest BCUT2D eigenvalue weighted by atomic mass is 9.92. The molecule has 1 fully saturated rings. The lowest BCUT2D eigenvalue weighted by molar-refractivity contribution is -0.147. The van der Waals surface area contributed by atoms with Gasteiger partial charge < -0.3 is 4.74 Å². The van der Waals surface area contributed by atoms with E-state index in [4.69, 9.17) is 16.3 Å². The Bertz CT molecular complexity index is 1470. The molecule has 12 heteroatoms. The second-order valence-electron chi connectivity index (χ2n) is 8.46. The van der Waals surface area contributed by atoms with Gasteiger partial charge in [0.05, 0.1) is 12.3 Å². The predicted molar refractivity (Wildman–Crippen MR) is 122 cm³/mol. The van der Waals surface area contributed by atoms with Gasteiger partial charge in [-0.15, -0.1) is 0 Å². The molecular weight excluding hydrogens is 485 g/mol. The Morgan fingerprint density at radius 1 is 1.09 bits per heavy atom. The minimum absolute atomic E-state index is 0.147. The first-order chi connectivity index (χ1) is 16.6. The molecule has 3 aromatic heterocycles. The number of rotatable bonds is 3. The Kier molecular flexibility index (Phi) is 5.84. The number of fused-ring (bicyclic) bond motifs is 1. The second kappa shape index (κ2) is 8.72. The number of halogens is 4. The molecule has 0 N–H and O–H groups in total. The Labute approximate surface area is 202 Å². The summed E-state index contributed by atoms with van der Waals surface area (Å²) in [5.74, 6) is -1.14. The van der Waals surface area contributed by atoms with Crippen LogP contribution in [-0.4, -0.2) is 35.9 Å². The Morgan fingerprint density at radius 3 is 2.49 bits per heavy atom. The van der Waals surface area contributed by atoms with E-state index in [0.717, 1.165) is 12.6 Å². The zero-order valence-corrected chi connectivity index (χ0v) is 19.5. The minimum atomic E-state index is -4.82. The average Bonchev–Trinajstić information content (AvgIpc) is 3.27. The Hall–Kier alpha value is -3.31. The molecule has 1 saturated heterocycles. The summed E-state index contributed by atoms with van der Waals surface area (Å²) in [5, 5.41) is 4.65. The maximum atomic E-state index is 13.6. The highest BCUT2D eigenvalue weighted by Crippen LogP contribution is 2.38. The average molecular weight is 505 g/mol. The molecule has 1 aliphatic rings. The van der Waals surface area contributed by atoms with Gasteiger partial charge in [0.1, 0.15) is 17.0 Å². The molecule has 4 heterocycles. The van der Waals surface area contributed by atoms with Crippen LogP contribution < -0.4 is 5.56 Å². The summed E-state index contributed by atoms with van der Waals surface area (Å²) in [4.78, 5) is 25.9. The van der Waals surface area contributed by atoms with Crippen LogP contribution in [0, 0.1) is 0 Å². The fourth-order valence-electron chi connectivity index (χ4n) is 4.28. The summed E-state index contributed by atoms with van der Waals surface area (Å²) in [5.41, 5.74) is 0.268.